The fourth-order valence-electron chi connectivity index (χ4n) is 3.33. The van der Waals surface area contributed by atoms with Gasteiger partial charge in [0.05, 0.1) is 37.3 Å². The molecule has 1 N–H and O–H groups in total. The van der Waals surface area contributed by atoms with Crippen molar-refractivity contribution in [2.45, 2.75) is 13.0 Å². The van der Waals surface area contributed by atoms with Crippen LogP contribution in [0.25, 0.3) is 0 Å². The summed E-state index contributed by atoms with van der Waals surface area (Å²) >= 11 is 0. The van der Waals surface area contributed by atoms with E-state index >= 15 is 0 Å². The van der Waals surface area contributed by atoms with Crippen molar-refractivity contribution in [3.05, 3.63) is 42.6 Å². The highest BCUT2D eigenvalue weighted by molar-refractivity contribution is 5.99. The second-order valence-electron chi connectivity index (χ2n) is 6.70. The number of morpholine rings is 1. The van der Waals surface area contributed by atoms with Gasteiger partial charge in [-0.15, -0.1) is 0 Å². The standard InChI is InChI=1S/C20H22N4O4/c1-14(25)24-13-18(28-17-5-3-2-4-16(17)24)20(26)22-15-6-7-19(21-12-15)23-8-10-27-11-9-23/h2-7,12,18H,8-11,13H2,1H3,(H,22,26). The normalized spacial score (nSPS) is 18.8. The highest BCUT2D eigenvalue weighted by Crippen LogP contribution is 2.33. The zero-order valence-electron chi connectivity index (χ0n) is 15.6. The zero-order chi connectivity index (χ0) is 19.5. The van der Waals surface area contributed by atoms with Crippen molar-refractivity contribution >= 4 is 29.0 Å². The van der Waals surface area contributed by atoms with Crippen LogP contribution in [0, 0.1) is 0 Å². The van der Waals surface area contributed by atoms with E-state index in [4.69, 9.17) is 9.47 Å². The highest BCUT2D eigenvalue weighted by atomic mass is 16.5. The van der Waals surface area contributed by atoms with Crippen molar-refractivity contribution in [3.63, 3.8) is 0 Å². The molecule has 8 heteroatoms. The lowest BCUT2D eigenvalue weighted by Gasteiger charge is -2.33. The van der Waals surface area contributed by atoms with Gasteiger partial charge in [0.25, 0.3) is 5.91 Å². The first-order valence-corrected chi connectivity index (χ1v) is 9.25. The lowest BCUT2D eigenvalue weighted by atomic mass is 10.1. The summed E-state index contributed by atoms with van der Waals surface area (Å²) in [6, 6.07) is 10.9. The molecule has 146 valence electrons. The number of pyridine rings is 1. The van der Waals surface area contributed by atoms with Crippen molar-refractivity contribution in [2.24, 2.45) is 0 Å². The number of ether oxygens (including phenoxy) is 2. The second-order valence-corrected chi connectivity index (χ2v) is 6.70. The first-order valence-electron chi connectivity index (χ1n) is 9.25. The van der Waals surface area contributed by atoms with Crippen LogP contribution < -0.4 is 19.9 Å². The number of anilines is 3. The van der Waals surface area contributed by atoms with Gasteiger partial charge in [0, 0.05) is 20.0 Å². The van der Waals surface area contributed by atoms with Gasteiger partial charge in [0.15, 0.2) is 6.10 Å². The molecule has 1 fully saturated rings. The number of carbonyl (C=O) groups excluding carboxylic acids is 2. The summed E-state index contributed by atoms with van der Waals surface area (Å²) in [4.78, 5) is 32.8. The molecular formula is C20H22N4O4. The van der Waals surface area contributed by atoms with Crippen molar-refractivity contribution in [1.29, 1.82) is 0 Å². The van der Waals surface area contributed by atoms with Gasteiger partial charge in [-0.05, 0) is 24.3 Å². The molecular weight excluding hydrogens is 360 g/mol. The molecule has 2 aliphatic rings. The number of benzene rings is 1. The molecule has 1 atom stereocenters. The first kappa shape index (κ1) is 18.2. The molecule has 1 aromatic heterocycles. The molecule has 4 rings (SSSR count). The molecule has 28 heavy (non-hydrogen) atoms. The van der Waals surface area contributed by atoms with Gasteiger partial charge in [-0.1, -0.05) is 12.1 Å². The number of carbonyl (C=O) groups is 2. The average molecular weight is 382 g/mol. The highest BCUT2D eigenvalue weighted by Gasteiger charge is 2.32. The largest absolute Gasteiger partial charge is 0.476 e. The Morgan fingerprint density at radius 2 is 1.93 bits per heavy atom. The van der Waals surface area contributed by atoms with Gasteiger partial charge in [-0.25, -0.2) is 4.98 Å². The molecule has 2 aliphatic heterocycles. The van der Waals surface area contributed by atoms with Crippen molar-refractivity contribution in [3.8, 4) is 5.75 Å². The van der Waals surface area contributed by atoms with Gasteiger partial charge >= 0.3 is 0 Å². The predicted molar refractivity (Wildman–Crippen MR) is 105 cm³/mol. The molecule has 8 nitrogen and oxygen atoms in total. The van der Waals surface area contributed by atoms with Crippen LogP contribution in [0.3, 0.4) is 0 Å². The molecule has 1 unspecified atom stereocenters. The number of para-hydroxylation sites is 2. The topological polar surface area (TPSA) is 84.0 Å². The monoisotopic (exact) mass is 382 g/mol. The molecule has 2 aromatic rings. The fraction of sp³-hybridized carbons (Fsp3) is 0.350. The van der Waals surface area contributed by atoms with Gasteiger partial charge in [-0.2, -0.15) is 0 Å². The smallest absolute Gasteiger partial charge is 0.267 e. The summed E-state index contributed by atoms with van der Waals surface area (Å²) < 4.78 is 11.2. The Kier molecular flexibility index (Phi) is 5.12. The maximum atomic E-state index is 12.7. The van der Waals surface area contributed by atoms with E-state index in [0.29, 0.717) is 30.3 Å². The molecule has 0 aliphatic carbocycles. The number of fused-ring (bicyclic) bond motifs is 1. The van der Waals surface area contributed by atoms with E-state index in [0.717, 1.165) is 18.9 Å². The Morgan fingerprint density at radius 3 is 2.64 bits per heavy atom. The zero-order valence-corrected chi connectivity index (χ0v) is 15.6. The summed E-state index contributed by atoms with van der Waals surface area (Å²) in [5, 5.41) is 2.82. The third-order valence-corrected chi connectivity index (χ3v) is 4.80. The number of aromatic nitrogens is 1. The Bertz CT molecular complexity index is 865. The van der Waals surface area contributed by atoms with Crippen LogP contribution in [-0.4, -0.2) is 55.8 Å². The average Bonchev–Trinajstić information content (AvgIpc) is 2.74. The van der Waals surface area contributed by atoms with Crippen LogP contribution in [0.2, 0.25) is 0 Å². The summed E-state index contributed by atoms with van der Waals surface area (Å²) in [5.74, 6) is 0.920. The van der Waals surface area contributed by atoms with E-state index in [1.54, 1.807) is 23.2 Å². The number of rotatable bonds is 3. The lowest BCUT2D eigenvalue weighted by molar-refractivity contribution is -0.123. The molecule has 3 heterocycles. The molecule has 0 bridgehead atoms. The van der Waals surface area contributed by atoms with Crippen LogP contribution in [0.1, 0.15) is 6.92 Å². The summed E-state index contributed by atoms with van der Waals surface area (Å²) in [7, 11) is 0. The number of nitrogens with one attached hydrogen (secondary N) is 1. The molecule has 2 amide bonds. The van der Waals surface area contributed by atoms with Crippen LogP contribution in [0.15, 0.2) is 42.6 Å². The molecule has 0 spiro atoms. The predicted octanol–water partition coefficient (Wildman–Crippen LogP) is 1.67. The van der Waals surface area contributed by atoms with E-state index in [1.165, 1.54) is 6.92 Å². The van der Waals surface area contributed by atoms with Crippen LogP contribution in [0.5, 0.6) is 5.75 Å². The molecule has 1 aromatic carbocycles. The van der Waals surface area contributed by atoms with Crippen LogP contribution in [0.4, 0.5) is 17.2 Å². The van der Waals surface area contributed by atoms with E-state index < -0.39 is 6.10 Å². The van der Waals surface area contributed by atoms with Crippen molar-refractivity contribution < 1.29 is 19.1 Å². The van der Waals surface area contributed by atoms with Gasteiger partial charge in [-0.3, -0.25) is 9.59 Å². The Labute approximate surface area is 163 Å². The fourth-order valence-corrected chi connectivity index (χ4v) is 3.33. The minimum absolute atomic E-state index is 0.134. The third-order valence-electron chi connectivity index (χ3n) is 4.80. The minimum atomic E-state index is -0.794. The summed E-state index contributed by atoms with van der Waals surface area (Å²) in [5.41, 5.74) is 1.26. The number of hydrogen-bond donors (Lipinski definition) is 1. The number of amides is 2. The van der Waals surface area contributed by atoms with Gasteiger partial charge in [0.2, 0.25) is 5.91 Å². The molecule has 0 saturated carbocycles. The third kappa shape index (κ3) is 3.77. The Balaban J connectivity index is 1.44. The SMILES string of the molecule is CC(=O)N1CC(C(=O)Nc2ccc(N3CCOCC3)nc2)Oc2ccccc21. The van der Waals surface area contributed by atoms with E-state index in [9.17, 15) is 9.59 Å². The van der Waals surface area contributed by atoms with Crippen LogP contribution >= 0.6 is 0 Å². The summed E-state index contributed by atoms with van der Waals surface area (Å²) in [6.45, 7) is 4.62. The van der Waals surface area contributed by atoms with Crippen LogP contribution in [-0.2, 0) is 14.3 Å². The Hall–Kier alpha value is -3.13. The second kappa shape index (κ2) is 7.85. The van der Waals surface area contributed by atoms with Crippen molar-refractivity contribution in [1.82, 2.24) is 4.98 Å². The maximum absolute atomic E-state index is 12.7. The number of nitrogens with zero attached hydrogens (tertiary/aromatic N) is 3. The minimum Gasteiger partial charge on any atom is -0.476 e. The molecule has 1 saturated heterocycles. The Morgan fingerprint density at radius 1 is 1.14 bits per heavy atom. The van der Waals surface area contributed by atoms with Gasteiger partial charge in [0.1, 0.15) is 11.6 Å². The van der Waals surface area contributed by atoms with Gasteiger partial charge < -0.3 is 24.6 Å². The molecule has 0 radical (unpaired) electrons. The lowest BCUT2D eigenvalue weighted by Crippen LogP contribution is -2.48. The quantitative estimate of drug-likeness (QED) is 0.869. The number of hydrogen-bond acceptors (Lipinski definition) is 6. The van der Waals surface area contributed by atoms with Crippen molar-refractivity contribution in [2.75, 3.05) is 48.0 Å². The van der Waals surface area contributed by atoms with E-state index in [-0.39, 0.29) is 18.4 Å². The first-order chi connectivity index (χ1) is 13.6. The maximum Gasteiger partial charge on any atom is 0.267 e. The van der Waals surface area contributed by atoms with E-state index in [2.05, 4.69) is 15.2 Å². The van der Waals surface area contributed by atoms with E-state index in [1.807, 2.05) is 24.3 Å². The summed E-state index contributed by atoms with van der Waals surface area (Å²) in [6.07, 6.45) is 0.833.